The van der Waals surface area contributed by atoms with Gasteiger partial charge in [0.15, 0.2) is 0 Å². The molecule has 0 unspecified atom stereocenters. The molecule has 1 amide bonds. The minimum absolute atomic E-state index is 0.140. The highest BCUT2D eigenvalue weighted by Crippen LogP contribution is 2.19. The zero-order chi connectivity index (χ0) is 19.3. The standard InChI is InChI=1S/C17H18N4O4S2/c18-27(23,24)11-13-3-1-12(2-4-13)9-19-15(22)5-6-16-20-17(21-25-16)14-7-8-26-10-14/h1-4,7-8,10H,5-6,9,11H2,(H,19,22)(H2,18,23,24). The molecule has 2 heterocycles. The van der Waals surface area contributed by atoms with Crippen molar-refractivity contribution in [2.45, 2.75) is 25.1 Å². The van der Waals surface area contributed by atoms with E-state index < -0.39 is 10.0 Å². The molecule has 0 atom stereocenters. The number of hydrogen-bond donors (Lipinski definition) is 2. The second-order valence-corrected chi connectivity index (χ2v) is 8.32. The Morgan fingerprint density at radius 1 is 1.19 bits per heavy atom. The highest BCUT2D eigenvalue weighted by molar-refractivity contribution is 7.88. The summed E-state index contributed by atoms with van der Waals surface area (Å²) >= 11 is 1.55. The van der Waals surface area contributed by atoms with Gasteiger partial charge in [0.1, 0.15) is 0 Å². The van der Waals surface area contributed by atoms with Gasteiger partial charge in [-0.1, -0.05) is 29.4 Å². The van der Waals surface area contributed by atoms with E-state index in [-0.39, 0.29) is 18.1 Å². The van der Waals surface area contributed by atoms with Crippen molar-refractivity contribution in [1.82, 2.24) is 15.5 Å². The fraction of sp³-hybridized carbons (Fsp3) is 0.235. The number of rotatable bonds is 8. The van der Waals surface area contributed by atoms with Gasteiger partial charge < -0.3 is 9.84 Å². The molecular formula is C17H18N4O4S2. The number of nitrogens with one attached hydrogen (secondary N) is 1. The minimum Gasteiger partial charge on any atom is -0.352 e. The van der Waals surface area contributed by atoms with Crippen LogP contribution in [0.2, 0.25) is 0 Å². The van der Waals surface area contributed by atoms with Crippen molar-refractivity contribution in [2.75, 3.05) is 0 Å². The quantitative estimate of drug-likeness (QED) is 0.587. The third kappa shape index (κ3) is 5.98. The summed E-state index contributed by atoms with van der Waals surface area (Å²) in [4.78, 5) is 16.3. The van der Waals surface area contributed by atoms with Crippen LogP contribution in [0.4, 0.5) is 0 Å². The van der Waals surface area contributed by atoms with E-state index in [0.717, 1.165) is 11.1 Å². The summed E-state index contributed by atoms with van der Waals surface area (Å²) in [6.45, 7) is 0.346. The number of primary sulfonamides is 1. The Bertz CT molecular complexity index is 996. The summed E-state index contributed by atoms with van der Waals surface area (Å²) in [7, 11) is -3.55. The molecule has 3 rings (SSSR count). The van der Waals surface area contributed by atoms with E-state index >= 15 is 0 Å². The molecular weight excluding hydrogens is 388 g/mol. The van der Waals surface area contributed by atoms with Gasteiger partial charge in [-0.15, -0.1) is 0 Å². The van der Waals surface area contributed by atoms with Crippen molar-refractivity contribution in [3.63, 3.8) is 0 Å². The Morgan fingerprint density at radius 3 is 2.59 bits per heavy atom. The predicted octanol–water partition coefficient (Wildman–Crippen LogP) is 1.84. The SMILES string of the molecule is NS(=O)(=O)Cc1ccc(CNC(=O)CCc2nc(-c3ccsc3)no2)cc1. The molecule has 0 radical (unpaired) electrons. The minimum atomic E-state index is -3.55. The maximum absolute atomic E-state index is 12.0. The van der Waals surface area contributed by atoms with Gasteiger partial charge in [0, 0.05) is 30.3 Å². The Labute approximate surface area is 160 Å². The van der Waals surface area contributed by atoms with E-state index in [1.807, 2.05) is 16.8 Å². The summed E-state index contributed by atoms with van der Waals surface area (Å²) in [6, 6.07) is 8.77. The number of aromatic nitrogens is 2. The molecule has 0 aliphatic rings. The first-order chi connectivity index (χ1) is 12.9. The van der Waals surface area contributed by atoms with E-state index in [0.29, 0.717) is 30.2 Å². The number of benzene rings is 1. The smallest absolute Gasteiger partial charge is 0.227 e. The molecule has 0 aliphatic heterocycles. The third-order valence-corrected chi connectivity index (χ3v) is 5.11. The lowest BCUT2D eigenvalue weighted by atomic mass is 10.1. The highest BCUT2D eigenvalue weighted by atomic mass is 32.2. The van der Waals surface area contributed by atoms with Gasteiger partial charge in [-0.25, -0.2) is 13.6 Å². The molecule has 0 aliphatic carbocycles. The number of carbonyl (C=O) groups excluding carboxylic acids is 1. The Morgan fingerprint density at radius 2 is 1.93 bits per heavy atom. The number of nitrogens with two attached hydrogens (primary N) is 1. The molecule has 0 fully saturated rings. The number of amides is 1. The third-order valence-electron chi connectivity index (χ3n) is 3.69. The fourth-order valence-corrected chi connectivity index (χ4v) is 3.65. The summed E-state index contributed by atoms with van der Waals surface area (Å²) in [6.07, 6.45) is 0.588. The molecule has 1 aromatic carbocycles. The van der Waals surface area contributed by atoms with Crippen LogP contribution in [0.25, 0.3) is 11.4 Å². The Hall–Kier alpha value is -2.56. The van der Waals surface area contributed by atoms with E-state index in [1.54, 1.807) is 35.6 Å². The first kappa shape index (κ1) is 19.2. The maximum atomic E-state index is 12.0. The van der Waals surface area contributed by atoms with Crippen LogP contribution in [0.15, 0.2) is 45.6 Å². The second-order valence-electron chi connectivity index (χ2n) is 5.92. The van der Waals surface area contributed by atoms with Gasteiger partial charge in [0.25, 0.3) is 0 Å². The summed E-state index contributed by atoms with van der Waals surface area (Å²) in [5.74, 6) is 0.584. The van der Waals surface area contributed by atoms with Crippen molar-refractivity contribution in [3.8, 4) is 11.4 Å². The fourth-order valence-electron chi connectivity index (χ4n) is 2.36. The second kappa shape index (κ2) is 8.42. The van der Waals surface area contributed by atoms with Crippen LogP contribution in [0, 0.1) is 0 Å². The molecule has 8 nitrogen and oxygen atoms in total. The zero-order valence-electron chi connectivity index (χ0n) is 14.3. The van der Waals surface area contributed by atoms with Crippen molar-refractivity contribution in [3.05, 3.63) is 58.1 Å². The molecule has 10 heteroatoms. The summed E-state index contributed by atoms with van der Waals surface area (Å²) in [5.41, 5.74) is 2.36. The van der Waals surface area contributed by atoms with Crippen molar-refractivity contribution in [2.24, 2.45) is 5.14 Å². The van der Waals surface area contributed by atoms with Crippen molar-refractivity contribution in [1.29, 1.82) is 0 Å². The van der Waals surface area contributed by atoms with Crippen LogP contribution in [-0.2, 0) is 33.5 Å². The lowest BCUT2D eigenvalue weighted by Gasteiger charge is -2.06. The van der Waals surface area contributed by atoms with Gasteiger partial charge in [0.05, 0.1) is 5.75 Å². The largest absolute Gasteiger partial charge is 0.352 e. The summed E-state index contributed by atoms with van der Waals surface area (Å²) < 4.78 is 27.3. The van der Waals surface area contributed by atoms with Gasteiger partial charge in [-0.05, 0) is 22.6 Å². The molecule has 0 spiro atoms. The molecule has 2 aromatic heterocycles. The average molecular weight is 406 g/mol. The molecule has 3 N–H and O–H groups in total. The lowest BCUT2D eigenvalue weighted by molar-refractivity contribution is -0.121. The van der Waals surface area contributed by atoms with E-state index in [4.69, 9.17) is 9.66 Å². The van der Waals surface area contributed by atoms with Gasteiger partial charge >= 0.3 is 0 Å². The zero-order valence-corrected chi connectivity index (χ0v) is 15.9. The summed E-state index contributed by atoms with van der Waals surface area (Å²) in [5, 5.41) is 15.6. The van der Waals surface area contributed by atoms with Crippen LogP contribution in [-0.4, -0.2) is 24.5 Å². The van der Waals surface area contributed by atoms with Crippen LogP contribution in [0.5, 0.6) is 0 Å². The van der Waals surface area contributed by atoms with Gasteiger partial charge in [-0.3, -0.25) is 4.79 Å². The number of carbonyl (C=O) groups is 1. The lowest BCUT2D eigenvalue weighted by Crippen LogP contribution is -2.23. The van der Waals surface area contributed by atoms with Crippen molar-refractivity contribution >= 4 is 27.3 Å². The van der Waals surface area contributed by atoms with Crippen LogP contribution < -0.4 is 10.5 Å². The van der Waals surface area contributed by atoms with E-state index in [9.17, 15) is 13.2 Å². The van der Waals surface area contributed by atoms with Crippen LogP contribution in [0.1, 0.15) is 23.4 Å². The number of hydrogen-bond acceptors (Lipinski definition) is 7. The van der Waals surface area contributed by atoms with Crippen molar-refractivity contribution < 1.29 is 17.7 Å². The normalized spacial score (nSPS) is 11.4. The van der Waals surface area contributed by atoms with E-state index in [2.05, 4.69) is 15.5 Å². The highest BCUT2D eigenvalue weighted by Gasteiger charge is 2.11. The van der Waals surface area contributed by atoms with E-state index in [1.165, 1.54) is 0 Å². The molecule has 3 aromatic rings. The monoisotopic (exact) mass is 406 g/mol. The molecule has 0 bridgehead atoms. The first-order valence-electron chi connectivity index (χ1n) is 8.09. The van der Waals surface area contributed by atoms with Crippen LogP contribution >= 0.6 is 11.3 Å². The molecule has 0 saturated carbocycles. The number of sulfonamides is 1. The molecule has 0 saturated heterocycles. The molecule has 27 heavy (non-hydrogen) atoms. The topological polar surface area (TPSA) is 128 Å². The van der Waals surface area contributed by atoms with Crippen LogP contribution in [0.3, 0.4) is 0 Å². The average Bonchev–Trinajstić information content (AvgIpc) is 3.29. The Kier molecular flexibility index (Phi) is 5.99. The van der Waals surface area contributed by atoms with Gasteiger partial charge in [0.2, 0.25) is 27.6 Å². The Balaban J connectivity index is 1.44. The maximum Gasteiger partial charge on any atom is 0.227 e. The predicted molar refractivity (Wildman–Crippen MR) is 101 cm³/mol. The number of nitrogens with zero attached hydrogens (tertiary/aromatic N) is 2. The number of thiophene rings is 1. The number of aryl methyl sites for hydroxylation is 1. The molecule has 142 valence electrons. The van der Waals surface area contributed by atoms with Gasteiger partial charge in [-0.2, -0.15) is 16.3 Å². The first-order valence-corrected chi connectivity index (χ1v) is 10.7.